The molecule has 16 heavy (non-hydrogen) atoms. The third kappa shape index (κ3) is 4.42. The maximum atomic E-state index is 5.73. The van der Waals surface area contributed by atoms with Gasteiger partial charge in [0, 0.05) is 13.2 Å². The van der Waals surface area contributed by atoms with Crippen molar-refractivity contribution < 1.29 is 4.74 Å². The summed E-state index contributed by atoms with van der Waals surface area (Å²) >= 11 is 0. The van der Waals surface area contributed by atoms with Gasteiger partial charge in [-0.15, -0.1) is 0 Å². The van der Waals surface area contributed by atoms with Crippen LogP contribution in [0.3, 0.4) is 0 Å². The third-order valence-corrected chi connectivity index (χ3v) is 4.08. The highest BCUT2D eigenvalue weighted by atomic mass is 16.5. The number of hydrogen-bond acceptors (Lipinski definition) is 2. The van der Waals surface area contributed by atoms with E-state index in [1.54, 1.807) is 0 Å². The zero-order chi connectivity index (χ0) is 12.6. The molecule has 0 aromatic carbocycles. The minimum Gasteiger partial charge on any atom is -0.377 e. The van der Waals surface area contributed by atoms with Gasteiger partial charge in [0.1, 0.15) is 0 Å². The molecule has 2 unspecified atom stereocenters. The van der Waals surface area contributed by atoms with Crippen LogP contribution in [-0.4, -0.2) is 25.3 Å². The quantitative estimate of drug-likeness (QED) is 0.652. The van der Waals surface area contributed by atoms with E-state index in [4.69, 9.17) is 4.74 Å². The van der Waals surface area contributed by atoms with Crippen molar-refractivity contribution >= 4 is 0 Å². The van der Waals surface area contributed by atoms with Crippen LogP contribution in [0.15, 0.2) is 0 Å². The Bertz CT molecular complexity index is 162. The number of nitrogens with one attached hydrogen (secondary N) is 1. The molecule has 0 fully saturated rings. The molecule has 0 aromatic heterocycles. The lowest BCUT2D eigenvalue weighted by Gasteiger charge is -2.38. The molecule has 0 bridgehead atoms. The third-order valence-electron chi connectivity index (χ3n) is 4.08. The minimum atomic E-state index is -0.0292. The second-order valence-electron chi connectivity index (χ2n) is 4.90. The first-order valence-electron chi connectivity index (χ1n) is 6.86. The number of likely N-dealkylation sites (N-methyl/N-ethyl adjacent to an activating group) is 1. The Hall–Kier alpha value is -0.0800. The van der Waals surface area contributed by atoms with Crippen molar-refractivity contribution in [1.29, 1.82) is 0 Å². The summed E-state index contributed by atoms with van der Waals surface area (Å²) in [6, 6.07) is 0.470. The second-order valence-corrected chi connectivity index (χ2v) is 4.90. The van der Waals surface area contributed by atoms with Gasteiger partial charge in [-0.1, -0.05) is 40.5 Å². The lowest BCUT2D eigenvalue weighted by atomic mass is 9.84. The van der Waals surface area contributed by atoms with Crippen molar-refractivity contribution in [2.24, 2.45) is 5.92 Å². The van der Waals surface area contributed by atoms with Crippen LogP contribution in [0.25, 0.3) is 0 Å². The smallest absolute Gasteiger partial charge is 0.0800 e. The monoisotopic (exact) mass is 229 g/mol. The summed E-state index contributed by atoms with van der Waals surface area (Å²) in [4.78, 5) is 0. The Labute approximate surface area is 102 Å². The van der Waals surface area contributed by atoms with E-state index in [1.165, 1.54) is 19.3 Å². The van der Waals surface area contributed by atoms with Crippen LogP contribution in [0.2, 0.25) is 0 Å². The minimum absolute atomic E-state index is 0.0292. The van der Waals surface area contributed by atoms with Gasteiger partial charge in [0.15, 0.2) is 0 Å². The fourth-order valence-electron chi connectivity index (χ4n) is 2.28. The van der Waals surface area contributed by atoms with Crippen molar-refractivity contribution in [3.05, 3.63) is 0 Å². The van der Waals surface area contributed by atoms with Gasteiger partial charge >= 0.3 is 0 Å². The first-order chi connectivity index (χ1) is 7.57. The maximum absolute atomic E-state index is 5.73. The van der Waals surface area contributed by atoms with Gasteiger partial charge in [0.25, 0.3) is 0 Å². The van der Waals surface area contributed by atoms with Crippen LogP contribution in [-0.2, 0) is 4.74 Å². The molecule has 0 aliphatic rings. The summed E-state index contributed by atoms with van der Waals surface area (Å²) in [5.74, 6) is 0.810. The second kappa shape index (κ2) is 8.08. The molecular formula is C14H31NO. The Kier molecular flexibility index (Phi) is 8.04. The fourth-order valence-corrected chi connectivity index (χ4v) is 2.28. The Morgan fingerprint density at radius 2 is 1.69 bits per heavy atom. The van der Waals surface area contributed by atoms with Gasteiger partial charge in [-0.2, -0.15) is 0 Å². The summed E-state index contributed by atoms with van der Waals surface area (Å²) in [5.41, 5.74) is -0.0292. The van der Waals surface area contributed by atoms with Crippen LogP contribution < -0.4 is 5.32 Å². The molecular weight excluding hydrogens is 198 g/mol. The summed E-state index contributed by atoms with van der Waals surface area (Å²) in [6.07, 6.45) is 4.81. The van der Waals surface area contributed by atoms with Crippen molar-refractivity contribution in [2.45, 2.75) is 71.9 Å². The number of methoxy groups -OCH3 is 1. The zero-order valence-corrected chi connectivity index (χ0v) is 12.1. The molecule has 0 aliphatic heterocycles. The van der Waals surface area contributed by atoms with Gasteiger partial charge in [0.2, 0.25) is 0 Å². The van der Waals surface area contributed by atoms with E-state index in [9.17, 15) is 0 Å². The Morgan fingerprint density at radius 3 is 2.00 bits per heavy atom. The lowest BCUT2D eigenvalue weighted by molar-refractivity contribution is -0.0349. The van der Waals surface area contributed by atoms with E-state index in [-0.39, 0.29) is 5.60 Å². The molecule has 0 radical (unpaired) electrons. The average molecular weight is 229 g/mol. The van der Waals surface area contributed by atoms with E-state index >= 15 is 0 Å². The molecule has 0 spiro atoms. The van der Waals surface area contributed by atoms with E-state index in [1.807, 2.05) is 7.11 Å². The highest BCUT2D eigenvalue weighted by Crippen LogP contribution is 2.26. The topological polar surface area (TPSA) is 21.3 Å². The molecule has 0 saturated carbocycles. The molecule has 2 heteroatoms. The van der Waals surface area contributed by atoms with Gasteiger partial charge < -0.3 is 10.1 Å². The number of ether oxygens (including phenoxy) is 1. The molecule has 0 amide bonds. The summed E-state index contributed by atoms with van der Waals surface area (Å²) in [6.45, 7) is 12.2. The predicted octanol–water partition coefficient (Wildman–Crippen LogP) is 3.61. The molecule has 0 rings (SSSR count). The van der Waals surface area contributed by atoms with Gasteiger partial charge in [-0.25, -0.2) is 0 Å². The van der Waals surface area contributed by atoms with Gasteiger partial charge in [-0.05, 0) is 32.2 Å². The molecule has 98 valence electrons. The zero-order valence-electron chi connectivity index (χ0n) is 12.1. The SMILES string of the molecule is CCNC(CC(CC)CC)C(C)(CC)OC. The largest absolute Gasteiger partial charge is 0.377 e. The van der Waals surface area contributed by atoms with Crippen LogP contribution in [0, 0.1) is 5.92 Å². The van der Waals surface area contributed by atoms with Crippen molar-refractivity contribution in [3.63, 3.8) is 0 Å². The normalized spacial score (nSPS) is 17.4. The van der Waals surface area contributed by atoms with Crippen molar-refractivity contribution in [1.82, 2.24) is 5.32 Å². The molecule has 0 aliphatic carbocycles. The molecule has 2 nitrogen and oxygen atoms in total. The fraction of sp³-hybridized carbons (Fsp3) is 1.00. The molecule has 1 N–H and O–H groups in total. The highest BCUT2D eigenvalue weighted by Gasteiger charge is 2.32. The summed E-state index contributed by atoms with van der Waals surface area (Å²) in [7, 11) is 1.83. The molecule has 0 saturated heterocycles. The molecule has 0 heterocycles. The maximum Gasteiger partial charge on any atom is 0.0800 e. The first kappa shape index (κ1) is 15.9. The van der Waals surface area contributed by atoms with Crippen LogP contribution in [0.1, 0.15) is 60.3 Å². The van der Waals surface area contributed by atoms with Crippen molar-refractivity contribution in [2.75, 3.05) is 13.7 Å². The highest BCUT2D eigenvalue weighted by molar-refractivity contribution is 4.89. The molecule has 2 atom stereocenters. The van der Waals surface area contributed by atoms with Crippen molar-refractivity contribution in [3.8, 4) is 0 Å². The molecule has 0 aromatic rings. The first-order valence-corrected chi connectivity index (χ1v) is 6.86. The van der Waals surface area contributed by atoms with E-state index in [2.05, 4.69) is 39.9 Å². The number of hydrogen-bond donors (Lipinski definition) is 1. The van der Waals surface area contributed by atoms with E-state index in [0.29, 0.717) is 6.04 Å². The Morgan fingerprint density at radius 1 is 1.12 bits per heavy atom. The number of rotatable bonds is 9. The standard InChI is InChI=1S/C14H31NO/c1-7-12(8-2)11-13(15-10-4)14(5,9-3)16-6/h12-13,15H,7-11H2,1-6H3. The van der Waals surface area contributed by atoms with E-state index < -0.39 is 0 Å². The Balaban J connectivity index is 4.57. The predicted molar refractivity (Wildman–Crippen MR) is 71.9 cm³/mol. The van der Waals surface area contributed by atoms with Gasteiger partial charge in [-0.3, -0.25) is 0 Å². The van der Waals surface area contributed by atoms with E-state index in [0.717, 1.165) is 18.9 Å². The lowest BCUT2D eigenvalue weighted by Crippen LogP contribution is -2.50. The summed E-state index contributed by atoms with van der Waals surface area (Å²) < 4.78 is 5.73. The average Bonchev–Trinajstić information content (AvgIpc) is 2.33. The van der Waals surface area contributed by atoms with Gasteiger partial charge in [0.05, 0.1) is 5.60 Å². The van der Waals surface area contributed by atoms with Crippen LogP contribution in [0.4, 0.5) is 0 Å². The van der Waals surface area contributed by atoms with Crippen LogP contribution >= 0.6 is 0 Å². The summed E-state index contributed by atoms with van der Waals surface area (Å²) in [5, 5.41) is 3.60. The van der Waals surface area contributed by atoms with Crippen LogP contribution in [0.5, 0.6) is 0 Å².